The maximum absolute atomic E-state index is 8.96. The second-order valence-corrected chi connectivity index (χ2v) is 3.31. The Hall–Kier alpha value is -0.260. The van der Waals surface area contributed by atoms with Crippen molar-refractivity contribution in [3.8, 4) is 0 Å². The third-order valence-corrected chi connectivity index (χ3v) is 1.80. The van der Waals surface area contributed by atoms with E-state index in [-0.39, 0.29) is 30.9 Å². The summed E-state index contributed by atoms with van der Waals surface area (Å²) in [6, 6.07) is 3.82. The summed E-state index contributed by atoms with van der Waals surface area (Å²) < 4.78 is 5.16. The summed E-state index contributed by atoms with van der Waals surface area (Å²) in [7, 11) is 0. The van der Waals surface area contributed by atoms with Crippen LogP contribution in [-0.2, 0) is 6.54 Å². The van der Waals surface area contributed by atoms with E-state index in [4.69, 9.17) is 9.52 Å². The van der Waals surface area contributed by atoms with Gasteiger partial charge in [0.15, 0.2) is 0 Å². The quantitative estimate of drug-likeness (QED) is 0.652. The third kappa shape index (κ3) is 9.00. The summed E-state index contributed by atoms with van der Waals surface area (Å²) in [6.07, 6.45) is 1.39. The van der Waals surface area contributed by atoms with Gasteiger partial charge in [-0.2, -0.15) is 0 Å². The van der Waals surface area contributed by atoms with E-state index in [0.29, 0.717) is 6.54 Å². The molecule has 3 N–H and O–H groups in total. The Morgan fingerprint density at radius 2 is 2.00 bits per heavy atom. The van der Waals surface area contributed by atoms with Gasteiger partial charge in [-0.1, -0.05) is 0 Å². The molecule has 0 radical (unpaired) electrons. The monoisotopic (exact) mass is 270 g/mol. The predicted octanol–water partition coefficient (Wildman–Crippen LogP) is 1.18. The summed E-state index contributed by atoms with van der Waals surface area (Å²) in [5, 5.41) is 15.3. The van der Waals surface area contributed by atoms with E-state index >= 15 is 0 Å². The van der Waals surface area contributed by atoms with Crippen molar-refractivity contribution in [2.45, 2.75) is 19.6 Å². The molecule has 0 aliphatic rings. The van der Waals surface area contributed by atoms with Gasteiger partial charge in [-0.3, -0.25) is 0 Å². The molecule has 0 fully saturated rings. The van der Waals surface area contributed by atoms with Gasteiger partial charge >= 0.3 is 0 Å². The fraction of sp³-hybridized carbons (Fsp3) is 0.600. The maximum Gasteiger partial charge on any atom is 0.117 e. The highest BCUT2D eigenvalue weighted by molar-refractivity contribution is 5.85. The van der Waals surface area contributed by atoms with E-state index in [1.54, 1.807) is 13.2 Å². The van der Waals surface area contributed by atoms with Crippen LogP contribution in [0.1, 0.15) is 12.7 Å². The summed E-state index contributed by atoms with van der Waals surface area (Å²) in [5.41, 5.74) is 0. The molecule has 0 aliphatic heterocycles. The first-order valence-corrected chi connectivity index (χ1v) is 4.91. The molecule has 0 spiro atoms. The molecule has 0 bridgehead atoms. The average Bonchev–Trinajstić information content (AvgIpc) is 2.63. The Bertz CT molecular complexity index is 231. The summed E-state index contributed by atoms with van der Waals surface area (Å²) >= 11 is 0. The van der Waals surface area contributed by atoms with Crippen LogP contribution in [0.25, 0.3) is 0 Å². The van der Waals surface area contributed by atoms with Gasteiger partial charge in [-0.25, -0.2) is 0 Å². The van der Waals surface area contributed by atoms with Crippen LogP contribution in [0.4, 0.5) is 0 Å². The lowest BCUT2D eigenvalue weighted by Gasteiger charge is -2.06. The molecule has 0 aliphatic carbocycles. The average molecular weight is 271 g/mol. The van der Waals surface area contributed by atoms with E-state index in [1.165, 1.54) is 0 Å². The topological polar surface area (TPSA) is 57.4 Å². The lowest BCUT2D eigenvalue weighted by molar-refractivity contribution is 0.191. The van der Waals surface area contributed by atoms with Gasteiger partial charge in [-0.05, 0) is 19.1 Å². The number of rotatable bonds is 7. The summed E-state index contributed by atoms with van der Waals surface area (Å²) in [5.74, 6) is 0.945. The van der Waals surface area contributed by atoms with Crippen LogP contribution in [0.3, 0.4) is 0 Å². The highest BCUT2D eigenvalue weighted by atomic mass is 35.5. The molecule has 0 saturated carbocycles. The number of aliphatic hydroxyl groups excluding tert-OH is 1. The first-order chi connectivity index (χ1) is 6.79. The molecule has 1 atom stereocenters. The second kappa shape index (κ2) is 11.2. The van der Waals surface area contributed by atoms with Gasteiger partial charge in [0.05, 0.1) is 18.9 Å². The third-order valence-electron chi connectivity index (χ3n) is 1.80. The van der Waals surface area contributed by atoms with Crippen LogP contribution >= 0.6 is 24.8 Å². The van der Waals surface area contributed by atoms with E-state index in [2.05, 4.69) is 10.6 Å². The fourth-order valence-electron chi connectivity index (χ4n) is 1.11. The molecule has 0 amide bonds. The zero-order chi connectivity index (χ0) is 10.2. The Kier molecular flexibility index (Phi) is 12.7. The van der Waals surface area contributed by atoms with Gasteiger partial charge < -0.3 is 20.2 Å². The van der Waals surface area contributed by atoms with Crippen LogP contribution < -0.4 is 10.6 Å². The van der Waals surface area contributed by atoms with Gasteiger partial charge in [0.25, 0.3) is 0 Å². The first kappa shape index (κ1) is 18.1. The van der Waals surface area contributed by atoms with E-state index in [0.717, 1.165) is 25.4 Å². The predicted molar refractivity (Wildman–Crippen MR) is 69.5 cm³/mol. The van der Waals surface area contributed by atoms with Crippen LogP contribution in [0.5, 0.6) is 0 Å². The van der Waals surface area contributed by atoms with E-state index in [9.17, 15) is 0 Å². The van der Waals surface area contributed by atoms with Crippen LogP contribution in [-0.4, -0.2) is 30.8 Å². The molecule has 1 aromatic heterocycles. The molecular weight excluding hydrogens is 251 g/mol. The van der Waals surface area contributed by atoms with Gasteiger partial charge in [0, 0.05) is 19.6 Å². The largest absolute Gasteiger partial charge is 0.468 e. The minimum Gasteiger partial charge on any atom is -0.468 e. The summed E-state index contributed by atoms with van der Waals surface area (Å²) in [6.45, 7) is 4.88. The van der Waals surface area contributed by atoms with Crippen molar-refractivity contribution in [2.75, 3.05) is 19.6 Å². The van der Waals surface area contributed by atoms with E-state index in [1.807, 2.05) is 12.1 Å². The van der Waals surface area contributed by atoms with Gasteiger partial charge in [0.1, 0.15) is 5.76 Å². The van der Waals surface area contributed by atoms with Crippen molar-refractivity contribution in [2.24, 2.45) is 0 Å². The highest BCUT2D eigenvalue weighted by Gasteiger charge is 1.95. The maximum atomic E-state index is 8.96. The molecular formula is C10H20Cl2N2O2. The van der Waals surface area contributed by atoms with Crippen molar-refractivity contribution in [3.63, 3.8) is 0 Å². The molecule has 0 aromatic carbocycles. The van der Waals surface area contributed by atoms with Crippen LogP contribution in [0, 0.1) is 0 Å². The van der Waals surface area contributed by atoms with E-state index < -0.39 is 0 Å². The molecule has 4 nitrogen and oxygen atoms in total. The molecule has 6 heteroatoms. The first-order valence-electron chi connectivity index (χ1n) is 4.91. The Balaban J connectivity index is 0. The number of aliphatic hydroxyl groups is 1. The zero-order valence-electron chi connectivity index (χ0n) is 9.31. The molecule has 1 rings (SSSR count). The van der Waals surface area contributed by atoms with Crippen molar-refractivity contribution in [3.05, 3.63) is 24.2 Å². The number of hydrogen-bond donors (Lipinski definition) is 3. The molecule has 16 heavy (non-hydrogen) atoms. The van der Waals surface area contributed by atoms with Crippen molar-refractivity contribution >= 4 is 24.8 Å². The normalized spacial score (nSPS) is 11.4. The fourth-order valence-corrected chi connectivity index (χ4v) is 1.11. The van der Waals surface area contributed by atoms with Crippen molar-refractivity contribution in [1.29, 1.82) is 0 Å². The van der Waals surface area contributed by atoms with Crippen molar-refractivity contribution < 1.29 is 9.52 Å². The molecule has 1 unspecified atom stereocenters. The lowest BCUT2D eigenvalue weighted by atomic mass is 10.4. The Morgan fingerprint density at radius 1 is 1.31 bits per heavy atom. The van der Waals surface area contributed by atoms with Crippen molar-refractivity contribution in [1.82, 2.24) is 10.6 Å². The lowest BCUT2D eigenvalue weighted by Crippen LogP contribution is -2.31. The number of hydrogen-bond acceptors (Lipinski definition) is 4. The second-order valence-electron chi connectivity index (χ2n) is 3.31. The molecule has 1 heterocycles. The minimum absolute atomic E-state index is 0. The number of nitrogens with one attached hydrogen (secondary N) is 2. The number of halogens is 2. The Morgan fingerprint density at radius 3 is 2.56 bits per heavy atom. The van der Waals surface area contributed by atoms with Gasteiger partial charge in [0.2, 0.25) is 0 Å². The standard InChI is InChI=1S/C10H18N2O2.2ClH/c1-9(13)7-11-4-5-12-8-10-3-2-6-14-10;;/h2-3,6,9,11-13H,4-5,7-8H2,1H3;2*1H. The Labute approximate surface area is 109 Å². The SMILES string of the molecule is CC(O)CNCCNCc1ccco1.Cl.Cl. The molecule has 1 aromatic rings. The van der Waals surface area contributed by atoms with Gasteiger partial charge in [-0.15, -0.1) is 24.8 Å². The highest BCUT2D eigenvalue weighted by Crippen LogP contribution is 1.97. The number of furan rings is 1. The van der Waals surface area contributed by atoms with Crippen LogP contribution in [0.2, 0.25) is 0 Å². The van der Waals surface area contributed by atoms with Crippen LogP contribution in [0.15, 0.2) is 22.8 Å². The molecule has 96 valence electrons. The minimum atomic E-state index is -0.278. The molecule has 0 saturated heterocycles. The summed E-state index contributed by atoms with van der Waals surface area (Å²) in [4.78, 5) is 0. The zero-order valence-corrected chi connectivity index (χ0v) is 10.9. The smallest absolute Gasteiger partial charge is 0.117 e.